The molecule has 1 aliphatic rings. The summed E-state index contributed by atoms with van der Waals surface area (Å²) >= 11 is 1.50. The van der Waals surface area contributed by atoms with Crippen LogP contribution in [-0.2, 0) is 10.1 Å². The summed E-state index contributed by atoms with van der Waals surface area (Å²) in [5.74, 6) is 1.04. The Bertz CT molecular complexity index is 475. The van der Waals surface area contributed by atoms with Crippen molar-refractivity contribution in [1.29, 1.82) is 0 Å². The number of rotatable bonds is 5. The van der Waals surface area contributed by atoms with Crippen LogP contribution >= 0.6 is 11.3 Å². The van der Waals surface area contributed by atoms with Crippen molar-refractivity contribution in [2.45, 2.75) is 6.10 Å². The zero-order valence-electron chi connectivity index (χ0n) is 9.92. The van der Waals surface area contributed by atoms with E-state index in [2.05, 4.69) is 5.32 Å². The summed E-state index contributed by atoms with van der Waals surface area (Å²) < 4.78 is 42.1. The molecule has 1 aromatic heterocycles. The molecule has 0 spiro atoms. The third-order valence-electron chi connectivity index (χ3n) is 2.21. The summed E-state index contributed by atoms with van der Waals surface area (Å²) in [6.45, 7) is 0.994. The number of ether oxygens (including phenoxy) is 2. The van der Waals surface area contributed by atoms with E-state index >= 15 is 0 Å². The number of thiophene rings is 1. The van der Waals surface area contributed by atoms with Crippen LogP contribution < -0.4 is 66.2 Å². The van der Waals surface area contributed by atoms with Gasteiger partial charge in [0.2, 0.25) is 0 Å². The van der Waals surface area contributed by atoms with Crippen LogP contribution in [0.2, 0.25) is 0 Å². The number of hydrogen-bond donors (Lipinski definition) is 1. The quantitative estimate of drug-likeness (QED) is 0.354. The SMILES string of the molecule is O=S(=O)([O-])CCNCC1COc2cscc2O1.[K+]. The zero-order valence-corrected chi connectivity index (χ0v) is 14.7. The fourth-order valence-corrected chi connectivity index (χ4v) is 2.49. The van der Waals surface area contributed by atoms with Crippen molar-refractivity contribution in [3.05, 3.63) is 10.8 Å². The van der Waals surface area contributed by atoms with Gasteiger partial charge in [-0.15, -0.1) is 11.3 Å². The van der Waals surface area contributed by atoms with E-state index in [0.717, 1.165) is 5.75 Å². The second-order valence-electron chi connectivity index (χ2n) is 3.62. The third kappa shape index (κ3) is 5.43. The molecule has 9 heteroatoms. The molecule has 18 heavy (non-hydrogen) atoms. The van der Waals surface area contributed by atoms with E-state index in [1.165, 1.54) is 11.3 Å². The smallest absolute Gasteiger partial charge is 0.748 e. The Kier molecular flexibility index (Phi) is 7.07. The van der Waals surface area contributed by atoms with Crippen molar-refractivity contribution in [3.63, 3.8) is 0 Å². The third-order valence-corrected chi connectivity index (χ3v) is 3.62. The molecule has 0 fully saturated rings. The minimum Gasteiger partial charge on any atom is -0.748 e. The maximum Gasteiger partial charge on any atom is 1.00 e. The van der Waals surface area contributed by atoms with Gasteiger partial charge in [-0.25, -0.2) is 8.42 Å². The molecule has 0 saturated carbocycles. The Labute approximate surface area is 152 Å². The monoisotopic (exact) mass is 317 g/mol. The van der Waals surface area contributed by atoms with E-state index in [1.54, 1.807) is 0 Å². The standard InChI is InChI=1S/C9H13NO5S2.K/c11-17(12,13)2-1-10-3-7-4-14-8-5-16-6-9(8)15-7;/h5-7,10H,1-4H2,(H,11,12,13);/q;+1/p-1. The van der Waals surface area contributed by atoms with Gasteiger partial charge in [-0.2, -0.15) is 0 Å². The van der Waals surface area contributed by atoms with Gasteiger partial charge < -0.3 is 19.3 Å². The van der Waals surface area contributed by atoms with Gasteiger partial charge in [0.25, 0.3) is 0 Å². The first-order valence-electron chi connectivity index (χ1n) is 5.04. The Hall–Kier alpha value is 0.806. The van der Waals surface area contributed by atoms with Gasteiger partial charge in [0.1, 0.15) is 12.7 Å². The van der Waals surface area contributed by atoms with Crippen LogP contribution in [0.5, 0.6) is 11.5 Å². The second kappa shape index (κ2) is 7.55. The largest absolute Gasteiger partial charge is 1.00 e. The van der Waals surface area contributed by atoms with Crippen LogP contribution in [0.3, 0.4) is 0 Å². The van der Waals surface area contributed by atoms with Crippen LogP contribution in [0.15, 0.2) is 10.8 Å². The van der Waals surface area contributed by atoms with E-state index in [9.17, 15) is 13.0 Å². The normalized spacial score (nSPS) is 18.2. The first kappa shape index (κ1) is 16.9. The molecule has 0 aromatic carbocycles. The summed E-state index contributed by atoms with van der Waals surface area (Å²) in [5, 5.41) is 6.57. The van der Waals surface area contributed by atoms with Crippen molar-refractivity contribution in [2.75, 3.05) is 25.4 Å². The maximum absolute atomic E-state index is 10.4. The molecule has 1 aliphatic heterocycles. The molecule has 0 amide bonds. The van der Waals surface area contributed by atoms with Crippen molar-refractivity contribution in [3.8, 4) is 11.5 Å². The molecular weight excluding hydrogens is 305 g/mol. The van der Waals surface area contributed by atoms with Gasteiger partial charge in [0.05, 0.1) is 15.9 Å². The minimum absolute atomic E-state index is 0. The van der Waals surface area contributed by atoms with E-state index in [1.807, 2.05) is 10.8 Å². The van der Waals surface area contributed by atoms with Gasteiger partial charge in [0.15, 0.2) is 11.5 Å². The number of fused-ring (bicyclic) bond motifs is 1. The van der Waals surface area contributed by atoms with Gasteiger partial charge in [-0.05, 0) is 0 Å². The summed E-state index contributed by atoms with van der Waals surface area (Å²) in [5.41, 5.74) is 0. The number of nitrogens with one attached hydrogen (secondary N) is 1. The van der Waals surface area contributed by atoms with E-state index in [-0.39, 0.29) is 64.0 Å². The molecule has 0 bridgehead atoms. The van der Waals surface area contributed by atoms with Gasteiger partial charge >= 0.3 is 51.4 Å². The van der Waals surface area contributed by atoms with Crippen molar-refractivity contribution < 1.29 is 73.8 Å². The predicted octanol–water partition coefficient (Wildman–Crippen LogP) is -2.97. The Morgan fingerprint density at radius 2 is 2.17 bits per heavy atom. The van der Waals surface area contributed by atoms with E-state index < -0.39 is 15.9 Å². The van der Waals surface area contributed by atoms with Crippen LogP contribution in [0.25, 0.3) is 0 Å². The van der Waals surface area contributed by atoms with Crippen LogP contribution in [0.4, 0.5) is 0 Å². The molecule has 0 saturated heterocycles. The number of hydrogen-bond acceptors (Lipinski definition) is 7. The molecule has 1 N–H and O–H groups in total. The average molecular weight is 317 g/mol. The summed E-state index contributed by atoms with van der Waals surface area (Å²) in [6.07, 6.45) is -0.161. The second-order valence-corrected chi connectivity index (χ2v) is 5.88. The fourth-order valence-electron chi connectivity index (χ4n) is 1.42. The van der Waals surface area contributed by atoms with Crippen LogP contribution in [0, 0.1) is 0 Å². The maximum atomic E-state index is 10.4. The zero-order chi connectivity index (χ0) is 12.3. The molecule has 0 radical (unpaired) electrons. The topological polar surface area (TPSA) is 87.7 Å². The summed E-state index contributed by atoms with van der Waals surface area (Å²) in [4.78, 5) is 0. The summed E-state index contributed by atoms with van der Waals surface area (Å²) in [7, 11) is -4.15. The van der Waals surface area contributed by atoms with Crippen molar-refractivity contribution in [2.24, 2.45) is 0 Å². The van der Waals surface area contributed by atoms with Crippen LogP contribution in [0.1, 0.15) is 0 Å². The van der Waals surface area contributed by atoms with Crippen LogP contribution in [-0.4, -0.2) is 44.5 Å². The average Bonchev–Trinajstić information content (AvgIpc) is 2.70. The van der Waals surface area contributed by atoms with Crippen molar-refractivity contribution >= 4 is 21.5 Å². The summed E-state index contributed by atoms with van der Waals surface area (Å²) in [6, 6.07) is 0. The van der Waals surface area contributed by atoms with E-state index in [4.69, 9.17) is 9.47 Å². The van der Waals surface area contributed by atoms with E-state index in [0.29, 0.717) is 18.9 Å². The van der Waals surface area contributed by atoms with Gasteiger partial charge in [-0.3, -0.25) is 0 Å². The molecule has 1 atom stereocenters. The van der Waals surface area contributed by atoms with Gasteiger partial charge in [-0.1, -0.05) is 0 Å². The fraction of sp³-hybridized carbons (Fsp3) is 0.556. The molecule has 2 heterocycles. The Morgan fingerprint density at radius 3 is 2.89 bits per heavy atom. The molecule has 96 valence electrons. The molecular formula is C9H12KNO5S2. The molecule has 1 unspecified atom stereocenters. The first-order chi connectivity index (χ1) is 8.04. The van der Waals surface area contributed by atoms with Gasteiger partial charge in [0, 0.05) is 23.8 Å². The Balaban J connectivity index is 0.00000162. The molecule has 0 aliphatic carbocycles. The molecule has 1 aromatic rings. The molecule has 2 rings (SSSR count). The Morgan fingerprint density at radius 1 is 1.44 bits per heavy atom. The minimum atomic E-state index is -4.15. The predicted molar refractivity (Wildman–Crippen MR) is 61.7 cm³/mol. The first-order valence-corrected chi connectivity index (χ1v) is 7.56. The molecule has 6 nitrogen and oxygen atoms in total. The van der Waals surface area contributed by atoms with Crippen molar-refractivity contribution in [1.82, 2.24) is 5.32 Å².